The average molecular weight is 404 g/mol. The molecule has 0 radical (unpaired) electrons. The molecular weight excluding hydrogens is 380 g/mol. The summed E-state index contributed by atoms with van der Waals surface area (Å²) in [5, 5.41) is 6.01. The van der Waals surface area contributed by atoms with E-state index < -0.39 is 0 Å². The molecule has 3 rings (SSSR count). The number of guanidine groups is 1. The van der Waals surface area contributed by atoms with Crippen LogP contribution < -0.4 is 20.1 Å². The van der Waals surface area contributed by atoms with Crippen molar-refractivity contribution in [1.29, 1.82) is 0 Å². The van der Waals surface area contributed by atoms with Crippen LogP contribution in [0.25, 0.3) is 0 Å². The Morgan fingerprint density at radius 3 is 2.33 bits per heavy atom. The number of nitrogens with zero attached hydrogens (tertiary/aromatic N) is 2. The van der Waals surface area contributed by atoms with Gasteiger partial charge in [0.15, 0.2) is 0 Å². The maximum Gasteiger partial charge on any atom is 0.258 e. The van der Waals surface area contributed by atoms with Crippen molar-refractivity contribution in [1.82, 2.24) is 10.3 Å². The van der Waals surface area contributed by atoms with Crippen LogP contribution in [0.15, 0.2) is 72.0 Å². The Kier molecular flexibility index (Phi) is 7.00. The highest BCUT2D eigenvalue weighted by Crippen LogP contribution is 2.22. The molecule has 0 aliphatic heterocycles. The number of aryl methyl sites for hydroxylation is 1. The highest BCUT2D eigenvalue weighted by Gasteiger charge is 2.13. The summed E-state index contributed by atoms with van der Waals surface area (Å²) in [5.41, 5.74) is 3.28. The van der Waals surface area contributed by atoms with Gasteiger partial charge in [0.1, 0.15) is 11.5 Å². The predicted octanol–water partition coefficient (Wildman–Crippen LogP) is 3.81. The number of rotatable bonds is 6. The molecule has 1 amide bonds. The monoisotopic (exact) mass is 404 g/mol. The minimum atomic E-state index is -0.336. The highest BCUT2D eigenvalue weighted by molar-refractivity contribution is 6.10. The molecule has 2 aromatic carbocycles. The number of benzene rings is 2. The summed E-state index contributed by atoms with van der Waals surface area (Å²) in [6.45, 7) is 2.38. The van der Waals surface area contributed by atoms with Gasteiger partial charge in [-0.3, -0.25) is 15.1 Å². The van der Waals surface area contributed by atoms with Crippen molar-refractivity contribution in [3.63, 3.8) is 0 Å². The SMILES string of the molecule is COc1cc(OC)cc(C(=O)NC(=NCc2cccnc2)Nc2ccc(C)cc2)c1. The number of nitrogens with one attached hydrogen (secondary N) is 2. The lowest BCUT2D eigenvalue weighted by Crippen LogP contribution is -2.36. The number of amides is 1. The number of carbonyl (C=O) groups excluding carboxylic acids is 1. The van der Waals surface area contributed by atoms with Crippen molar-refractivity contribution in [3.8, 4) is 11.5 Å². The topological polar surface area (TPSA) is 84.8 Å². The van der Waals surface area contributed by atoms with Gasteiger partial charge in [0.05, 0.1) is 20.8 Å². The van der Waals surface area contributed by atoms with E-state index in [4.69, 9.17) is 9.47 Å². The largest absolute Gasteiger partial charge is 0.497 e. The van der Waals surface area contributed by atoms with Crippen LogP contribution in [0, 0.1) is 6.92 Å². The maximum atomic E-state index is 12.9. The van der Waals surface area contributed by atoms with E-state index in [9.17, 15) is 4.79 Å². The molecule has 0 fully saturated rings. The van der Waals surface area contributed by atoms with Crippen LogP contribution in [0.2, 0.25) is 0 Å². The third-order valence-corrected chi connectivity index (χ3v) is 4.30. The summed E-state index contributed by atoms with van der Waals surface area (Å²) in [6.07, 6.45) is 3.44. The van der Waals surface area contributed by atoms with Crippen LogP contribution in [0.1, 0.15) is 21.5 Å². The van der Waals surface area contributed by atoms with Gasteiger partial charge < -0.3 is 14.8 Å². The Morgan fingerprint density at radius 1 is 1.03 bits per heavy atom. The Hall–Kier alpha value is -3.87. The number of carbonyl (C=O) groups is 1. The van der Waals surface area contributed by atoms with Crippen LogP contribution in [0.5, 0.6) is 11.5 Å². The van der Waals surface area contributed by atoms with Crippen LogP contribution in [0.3, 0.4) is 0 Å². The van der Waals surface area contributed by atoms with Crippen LogP contribution in [-0.4, -0.2) is 31.1 Å². The minimum absolute atomic E-state index is 0.328. The molecule has 0 bridgehead atoms. The van der Waals surface area contributed by atoms with Crippen molar-refractivity contribution in [2.45, 2.75) is 13.5 Å². The lowest BCUT2D eigenvalue weighted by molar-refractivity contribution is 0.0976. The summed E-state index contributed by atoms with van der Waals surface area (Å²) in [7, 11) is 3.08. The number of aromatic nitrogens is 1. The van der Waals surface area contributed by atoms with Gasteiger partial charge in [-0.2, -0.15) is 0 Å². The molecule has 3 aromatic rings. The first-order valence-corrected chi connectivity index (χ1v) is 9.39. The van der Waals surface area contributed by atoms with Crippen molar-refractivity contribution in [2.75, 3.05) is 19.5 Å². The van der Waals surface area contributed by atoms with E-state index >= 15 is 0 Å². The first kappa shape index (κ1) is 20.9. The minimum Gasteiger partial charge on any atom is -0.497 e. The molecule has 7 nitrogen and oxygen atoms in total. The maximum absolute atomic E-state index is 12.9. The smallest absolute Gasteiger partial charge is 0.258 e. The second kappa shape index (κ2) is 10.1. The van der Waals surface area contributed by atoms with Gasteiger partial charge in [-0.05, 0) is 42.8 Å². The molecule has 0 saturated carbocycles. The van der Waals surface area contributed by atoms with Gasteiger partial charge in [0.2, 0.25) is 5.96 Å². The molecule has 1 aromatic heterocycles. The van der Waals surface area contributed by atoms with E-state index in [0.717, 1.165) is 16.8 Å². The summed E-state index contributed by atoms with van der Waals surface area (Å²) in [5.74, 6) is 1.05. The van der Waals surface area contributed by atoms with Crippen molar-refractivity contribution < 1.29 is 14.3 Å². The highest BCUT2D eigenvalue weighted by atomic mass is 16.5. The lowest BCUT2D eigenvalue weighted by Gasteiger charge is -2.13. The second-order valence-electron chi connectivity index (χ2n) is 6.57. The fraction of sp³-hybridized carbons (Fsp3) is 0.174. The van der Waals surface area contributed by atoms with Gasteiger partial charge in [-0.1, -0.05) is 23.8 Å². The standard InChI is InChI=1S/C23H24N4O3/c1-16-6-8-19(9-7-16)26-23(25-15-17-5-4-10-24-14-17)27-22(28)18-11-20(29-2)13-21(12-18)30-3/h4-14H,15H2,1-3H3,(H2,25,26,27,28). The number of ether oxygens (including phenoxy) is 2. The average Bonchev–Trinajstić information content (AvgIpc) is 2.79. The molecule has 2 N–H and O–H groups in total. The molecule has 7 heteroatoms. The number of aliphatic imine (C=N–C) groups is 1. The molecule has 0 spiro atoms. The van der Waals surface area contributed by atoms with Gasteiger partial charge in [0, 0.05) is 29.7 Å². The van der Waals surface area contributed by atoms with E-state index in [1.165, 1.54) is 14.2 Å². The van der Waals surface area contributed by atoms with Gasteiger partial charge in [0.25, 0.3) is 5.91 Å². The fourth-order valence-corrected chi connectivity index (χ4v) is 2.66. The quantitative estimate of drug-likeness (QED) is 0.482. The number of pyridine rings is 1. The van der Waals surface area contributed by atoms with E-state index in [-0.39, 0.29) is 5.91 Å². The van der Waals surface area contributed by atoms with Crippen molar-refractivity contribution in [2.24, 2.45) is 4.99 Å². The lowest BCUT2D eigenvalue weighted by atomic mass is 10.2. The summed E-state index contributed by atoms with van der Waals surface area (Å²) in [4.78, 5) is 21.5. The molecular formula is C23H24N4O3. The fourth-order valence-electron chi connectivity index (χ4n) is 2.66. The number of hydrogen-bond donors (Lipinski definition) is 2. The Balaban J connectivity index is 1.83. The molecule has 0 aliphatic rings. The van der Waals surface area contributed by atoms with E-state index in [1.807, 2.05) is 43.3 Å². The Morgan fingerprint density at radius 2 is 1.73 bits per heavy atom. The van der Waals surface area contributed by atoms with Crippen LogP contribution in [-0.2, 0) is 6.54 Å². The van der Waals surface area contributed by atoms with Crippen molar-refractivity contribution >= 4 is 17.6 Å². The molecule has 1 heterocycles. The molecule has 0 aliphatic carbocycles. The van der Waals surface area contributed by atoms with Gasteiger partial charge in [-0.25, -0.2) is 4.99 Å². The second-order valence-corrected chi connectivity index (χ2v) is 6.57. The predicted molar refractivity (Wildman–Crippen MR) is 117 cm³/mol. The zero-order valence-corrected chi connectivity index (χ0v) is 17.2. The first-order chi connectivity index (χ1) is 14.6. The number of anilines is 1. The normalized spacial score (nSPS) is 11.0. The van der Waals surface area contributed by atoms with Gasteiger partial charge >= 0.3 is 0 Å². The van der Waals surface area contributed by atoms with Crippen LogP contribution >= 0.6 is 0 Å². The van der Waals surface area contributed by atoms with E-state index in [2.05, 4.69) is 20.6 Å². The molecule has 0 unspecified atom stereocenters. The Bertz CT molecular complexity index is 996. The summed E-state index contributed by atoms with van der Waals surface area (Å²) >= 11 is 0. The van der Waals surface area contributed by atoms with Crippen molar-refractivity contribution in [3.05, 3.63) is 83.7 Å². The molecule has 30 heavy (non-hydrogen) atoms. The Labute approximate surface area is 175 Å². The van der Waals surface area contributed by atoms with E-state index in [0.29, 0.717) is 29.6 Å². The third kappa shape index (κ3) is 5.81. The zero-order chi connectivity index (χ0) is 21.3. The number of hydrogen-bond acceptors (Lipinski definition) is 5. The molecule has 0 saturated heterocycles. The first-order valence-electron chi connectivity index (χ1n) is 9.39. The number of methoxy groups -OCH3 is 2. The van der Waals surface area contributed by atoms with E-state index in [1.54, 1.807) is 30.6 Å². The third-order valence-electron chi connectivity index (χ3n) is 4.30. The molecule has 154 valence electrons. The van der Waals surface area contributed by atoms with Gasteiger partial charge in [-0.15, -0.1) is 0 Å². The summed E-state index contributed by atoms with van der Waals surface area (Å²) in [6, 6.07) is 16.6. The summed E-state index contributed by atoms with van der Waals surface area (Å²) < 4.78 is 10.5. The van der Waals surface area contributed by atoms with Crippen LogP contribution in [0.4, 0.5) is 5.69 Å². The molecule has 0 atom stereocenters. The zero-order valence-electron chi connectivity index (χ0n) is 17.2.